The molecule has 0 saturated heterocycles. The molecular formula is C18H18Br2O3. The molecule has 2 aromatic rings. The number of rotatable bonds is 5. The van der Waals surface area contributed by atoms with Crippen molar-refractivity contribution in [2.24, 2.45) is 5.92 Å². The molecule has 23 heavy (non-hydrogen) atoms. The molecule has 0 amide bonds. The second kappa shape index (κ2) is 7.97. The molecule has 0 N–H and O–H groups in total. The first-order valence-corrected chi connectivity index (χ1v) is 8.86. The lowest BCUT2D eigenvalue weighted by atomic mass is 10.2. The van der Waals surface area contributed by atoms with Gasteiger partial charge in [-0.15, -0.1) is 0 Å². The number of hydrogen-bond acceptors (Lipinski definition) is 3. The highest BCUT2D eigenvalue weighted by atomic mass is 79.9. The van der Waals surface area contributed by atoms with Crippen molar-refractivity contribution in [3.8, 4) is 11.5 Å². The minimum absolute atomic E-state index is 0.397. The van der Waals surface area contributed by atoms with Crippen LogP contribution in [0.3, 0.4) is 0 Å². The summed E-state index contributed by atoms with van der Waals surface area (Å²) in [6.07, 6.45) is 0. The van der Waals surface area contributed by atoms with Crippen LogP contribution in [0.5, 0.6) is 11.5 Å². The van der Waals surface area contributed by atoms with Gasteiger partial charge in [0.2, 0.25) is 0 Å². The number of aryl methyl sites for hydroxylation is 1. The van der Waals surface area contributed by atoms with Crippen LogP contribution in [0, 0.1) is 12.8 Å². The Bertz CT molecular complexity index is 711. The van der Waals surface area contributed by atoms with E-state index in [-0.39, 0.29) is 0 Å². The Morgan fingerprint density at radius 3 is 2.39 bits per heavy atom. The molecule has 0 unspecified atom stereocenters. The Labute approximate surface area is 153 Å². The van der Waals surface area contributed by atoms with E-state index in [2.05, 4.69) is 45.7 Å². The summed E-state index contributed by atoms with van der Waals surface area (Å²) in [6, 6.07) is 10.7. The summed E-state index contributed by atoms with van der Waals surface area (Å²) in [5.74, 6) is 1.31. The zero-order chi connectivity index (χ0) is 17.0. The third-order valence-electron chi connectivity index (χ3n) is 3.08. The van der Waals surface area contributed by atoms with Crippen LogP contribution in [0.4, 0.5) is 0 Å². The average molecular weight is 442 g/mol. The van der Waals surface area contributed by atoms with Crippen LogP contribution in [-0.4, -0.2) is 12.6 Å². The number of ether oxygens (including phenoxy) is 2. The van der Waals surface area contributed by atoms with Gasteiger partial charge < -0.3 is 9.47 Å². The van der Waals surface area contributed by atoms with Crippen molar-refractivity contribution in [1.29, 1.82) is 0 Å². The van der Waals surface area contributed by atoms with Crippen molar-refractivity contribution < 1.29 is 14.3 Å². The molecule has 0 aliphatic heterocycles. The fraction of sp³-hybridized carbons (Fsp3) is 0.278. The lowest BCUT2D eigenvalue weighted by Gasteiger charge is -2.12. The third kappa shape index (κ3) is 5.08. The fourth-order valence-electron chi connectivity index (χ4n) is 1.89. The Kier molecular flexibility index (Phi) is 6.25. The van der Waals surface area contributed by atoms with Gasteiger partial charge in [-0.3, -0.25) is 0 Å². The van der Waals surface area contributed by atoms with E-state index in [1.165, 1.54) is 0 Å². The second-order valence-electron chi connectivity index (χ2n) is 5.65. The number of carbonyl (C=O) groups excluding carboxylic acids is 1. The molecule has 3 nitrogen and oxygen atoms in total. The number of halogens is 2. The van der Waals surface area contributed by atoms with E-state index < -0.39 is 5.97 Å². The second-order valence-corrected chi connectivity index (χ2v) is 7.42. The molecule has 0 atom stereocenters. The molecule has 0 heterocycles. The van der Waals surface area contributed by atoms with E-state index in [9.17, 15) is 4.79 Å². The van der Waals surface area contributed by atoms with Gasteiger partial charge >= 0.3 is 5.97 Å². The zero-order valence-electron chi connectivity index (χ0n) is 13.2. The summed E-state index contributed by atoms with van der Waals surface area (Å²) >= 11 is 6.83. The number of esters is 1. The highest BCUT2D eigenvalue weighted by molar-refractivity contribution is 9.10. The van der Waals surface area contributed by atoms with Gasteiger partial charge in [-0.1, -0.05) is 29.8 Å². The van der Waals surface area contributed by atoms with Gasteiger partial charge in [-0.05, 0) is 70.7 Å². The van der Waals surface area contributed by atoms with Crippen LogP contribution in [0.2, 0.25) is 0 Å². The van der Waals surface area contributed by atoms with Crippen molar-refractivity contribution >= 4 is 37.8 Å². The first kappa shape index (κ1) is 18.0. The maximum Gasteiger partial charge on any atom is 0.343 e. The number of benzene rings is 2. The van der Waals surface area contributed by atoms with Crippen LogP contribution in [0.1, 0.15) is 29.8 Å². The van der Waals surface area contributed by atoms with Gasteiger partial charge in [0, 0.05) is 4.47 Å². The van der Waals surface area contributed by atoms with Gasteiger partial charge in [0.1, 0.15) is 11.5 Å². The van der Waals surface area contributed by atoms with Crippen LogP contribution in [-0.2, 0) is 0 Å². The summed E-state index contributed by atoms with van der Waals surface area (Å²) in [4.78, 5) is 12.3. The Hall–Kier alpha value is -1.33. The van der Waals surface area contributed by atoms with Crippen molar-refractivity contribution in [2.45, 2.75) is 20.8 Å². The van der Waals surface area contributed by atoms with Gasteiger partial charge in [-0.25, -0.2) is 4.79 Å². The number of carbonyl (C=O) groups is 1. The molecule has 0 spiro atoms. The largest absolute Gasteiger partial charge is 0.492 e. The smallest absolute Gasteiger partial charge is 0.343 e. The lowest BCUT2D eigenvalue weighted by Crippen LogP contribution is -2.10. The van der Waals surface area contributed by atoms with Crippen molar-refractivity contribution in [2.75, 3.05) is 6.61 Å². The Balaban J connectivity index is 2.12. The monoisotopic (exact) mass is 440 g/mol. The summed E-state index contributed by atoms with van der Waals surface area (Å²) in [5.41, 5.74) is 1.36. The predicted octanol–water partition coefficient (Wildman–Crippen LogP) is 5.77. The molecule has 0 bridgehead atoms. The van der Waals surface area contributed by atoms with Crippen LogP contribution in [0.25, 0.3) is 0 Å². The molecule has 2 rings (SSSR count). The van der Waals surface area contributed by atoms with E-state index in [0.29, 0.717) is 23.8 Å². The minimum Gasteiger partial charge on any atom is -0.492 e. The molecule has 2 aromatic carbocycles. The van der Waals surface area contributed by atoms with Crippen molar-refractivity contribution in [3.63, 3.8) is 0 Å². The van der Waals surface area contributed by atoms with Crippen LogP contribution < -0.4 is 9.47 Å². The average Bonchev–Trinajstić information content (AvgIpc) is 2.48. The van der Waals surface area contributed by atoms with E-state index in [1.807, 2.05) is 19.1 Å². The van der Waals surface area contributed by atoms with Crippen LogP contribution >= 0.6 is 31.9 Å². The summed E-state index contributed by atoms with van der Waals surface area (Å²) in [7, 11) is 0. The number of hydrogen-bond donors (Lipinski definition) is 0. The Morgan fingerprint density at radius 1 is 1.09 bits per heavy atom. The molecule has 0 radical (unpaired) electrons. The maximum atomic E-state index is 12.3. The van der Waals surface area contributed by atoms with Gasteiger partial charge in [-0.2, -0.15) is 0 Å². The van der Waals surface area contributed by atoms with Crippen molar-refractivity contribution in [1.82, 2.24) is 0 Å². The molecule has 0 fully saturated rings. The van der Waals surface area contributed by atoms with Gasteiger partial charge in [0.15, 0.2) is 0 Å². The normalized spacial score (nSPS) is 10.7. The van der Waals surface area contributed by atoms with E-state index in [0.717, 1.165) is 20.3 Å². The summed E-state index contributed by atoms with van der Waals surface area (Å²) < 4.78 is 12.8. The zero-order valence-corrected chi connectivity index (χ0v) is 16.4. The SMILES string of the molecule is Cc1cc(Br)ccc1OC(=O)c1ccc(OCC(C)C)c(Br)c1. The topological polar surface area (TPSA) is 35.5 Å². The van der Waals surface area contributed by atoms with E-state index in [1.54, 1.807) is 24.3 Å². The first-order chi connectivity index (χ1) is 10.9. The summed E-state index contributed by atoms with van der Waals surface area (Å²) in [6.45, 7) is 6.69. The van der Waals surface area contributed by atoms with Crippen molar-refractivity contribution in [3.05, 3.63) is 56.5 Å². The van der Waals surface area contributed by atoms with Gasteiger partial charge in [0.25, 0.3) is 0 Å². The standard InChI is InChI=1S/C18H18Br2O3/c1-11(2)10-22-17-6-4-13(9-15(17)20)18(21)23-16-7-5-14(19)8-12(16)3/h4-9,11H,10H2,1-3H3. The maximum absolute atomic E-state index is 12.3. The van der Waals surface area contributed by atoms with E-state index in [4.69, 9.17) is 9.47 Å². The van der Waals surface area contributed by atoms with Gasteiger partial charge in [0.05, 0.1) is 16.6 Å². The molecule has 0 saturated carbocycles. The quantitative estimate of drug-likeness (QED) is 0.436. The molecular weight excluding hydrogens is 424 g/mol. The molecule has 0 aromatic heterocycles. The molecule has 5 heteroatoms. The minimum atomic E-state index is -0.397. The lowest BCUT2D eigenvalue weighted by molar-refractivity contribution is 0.0733. The highest BCUT2D eigenvalue weighted by Gasteiger charge is 2.13. The Morgan fingerprint density at radius 2 is 1.78 bits per heavy atom. The molecule has 0 aliphatic rings. The third-order valence-corrected chi connectivity index (χ3v) is 4.19. The van der Waals surface area contributed by atoms with Crippen LogP contribution in [0.15, 0.2) is 45.3 Å². The summed E-state index contributed by atoms with van der Waals surface area (Å²) in [5, 5.41) is 0. The highest BCUT2D eigenvalue weighted by Crippen LogP contribution is 2.28. The van der Waals surface area contributed by atoms with E-state index >= 15 is 0 Å². The molecule has 122 valence electrons. The molecule has 0 aliphatic carbocycles. The first-order valence-electron chi connectivity index (χ1n) is 7.27. The predicted molar refractivity (Wildman–Crippen MR) is 98.3 cm³/mol. The fourth-order valence-corrected chi connectivity index (χ4v) is 2.86.